The van der Waals surface area contributed by atoms with E-state index in [1.165, 1.54) is 23.9 Å². The van der Waals surface area contributed by atoms with Gasteiger partial charge in [0.05, 0.1) is 11.3 Å². The fraction of sp³-hybridized carbons (Fsp3) is 0.286. The van der Waals surface area contributed by atoms with Crippen LogP contribution in [0.5, 0.6) is 0 Å². The minimum absolute atomic E-state index is 0.0207. The molecule has 0 saturated heterocycles. The molecule has 0 atom stereocenters. The predicted molar refractivity (Wildman–Crippen MR) is 116 cm³/mol. The largest absolute Gasteiger partial charge is 0.416 e. The summed E-state index contributed by atoms with van der Waals surface area (Å²) in [4.78, 5) is 12.3. The summed E-state index contributed by atoms with van der Waals surface area (Å²) >= 11 is 7.13. The van der Waals surface area contributed by atoms with Crippen molar-refractivity contribution < 1.29 is 18.0 Å². The van der Waals surface area contributed by atoms with E-state index in [4.69, 9.17) is 11.6 Å². The van der Waals surface area contributed by atoms with Crippen LogP contribution in [0.1, 0.15) is 19.4 Å². The molecule has 1 heterocycles. The number of benzene rings is 2. The van der Waals surface area contributed by atoms with Crippen LogP contribution in [0.15, 0.2) is 53.7 Å². The summed E-state index contributed by atoms with van der Waals surface area (Å²) in [5.74, 6) is 0.510. The number of anilines is 1. The monoisotopic (exact) mass is 468 g/mol. The Balaban J connectivity index is 1.72. The summed E-state index contributed by atoms with van der Waals surface area (Å²) in [7, 11) is 0. The van der Waals surface area contributed by atoms with Gasteiger partial charge in [-0.3, -0.25) is 4.79 Å². The fourth-order valence-corrected chi connectivity index (χ4v) is 3.71. The molecule has 0 saturated carbocycles. The molecule has 0 fully saturated rings. The van der Waals surface area contributed by atoms with Crippen molar-refractivity contribution in [1.29, 1.82) is 0 Å². The van der Waals surface area contributed by atoms with Gasteiger partial charge in [0.2, 0.25) is 5.91 Å². The lowest BCUT2D eigenvalue weighted by atomic mass is 10.2. The molecule has 10 heteroatoms. The molecule has 3 rings (SSSR count). The van der Waals surface area contributed by atoms with E-state index in [2.05, 4.69) is 29.4 Å². The molecular weight excluding hydrogens is 449 g/mol. The molecule has 2 aromatic carbocycles. The van der Waals surface area contributed by atoms with E-state index in [1.54, 1.807) is 12.1 Å². The van der Waals surface area contributed by atoms with E-state index in [0.29, 0.717) is 28.5 Å². The Morgan fingerprint density at radius 2 is 1.87 bits per heavy atom. The standard InChI is InChI=1S/C21H20ClF3N4OS/c1-13(2)11-29-19(14-6-8-16(22)9-7-14)27-28-20(29)31-12-18(30)26-17-5-3-4-15(10-17)21(23,24)25/h3-10,13H,11-12H2,1-2H3,(H,26,30). The van der Waals surface area contributed by atoms with Crippen LogP contribution < -0.4 is 5.32 Å². The molecular formula is C21H20ClF3N4OS. The number of hydrogen-bond acceptors (Lipinski definition) is 4. The average molecular weight is 469 g/mol. The molecule has 0 spiro atoms. The van der Waals surface area contributed by atoms with Crippen LogP contribution >= 0.6 is 23.4 Å². The molecule has 0 aliphatic carbocycles. The molecule has 0 radical (unpaired) electrons. The zero-order valence-electron chi connectivity index (χ0n) is 16.8. The molecule has 3 aromatic rings. The van der Waals surface area contributed by atoms with Crippen LogP contribution in [0.4, 0.5) is 18.9 Å². The van der Waals surface area contributed by atoms with E-state index >= 15 is 0 Å². The number of amides is 1. The minimum atomic E-state index is -4.47. The fourth-order valence-electron chi connectivity index (χ4n) is 2.84. The smallest absolute Gasteiger partial charge is 0.325 e. The Labute approximate surface area is 187 Å². The van der Waals surface area contributed by atoms with Gasteiger partial charge in [0, 0.05) is 22.8 Å². The van der Waals surface area contributed by atoms with E-state index in [-0.39, 0.29) is 11.4 Å². The number of thioether (sulfide) groups is 1. The van der Waals surface area contributed by atoms with Gasteiger partial charge in [-0.1, -0.05) is 43.3 Å². The van der Waals surface area contributed by atoms with Crippen molar-refractivity contribution >= 4 is 35.0 Å². The topological polar surface area (TPSA) is 59.8 Å². The van der Waals surface area contributed by atoms with Gasteiger partial charge in [0.15, 0.2) is 11.0 Å². The van der Waals surface area contributed by atoms with Crippen molar-refractivity contribution in [2.24, 2.45) is 5.92 Å². The van der Waals surface area contributed by atoms with Crippen molar-refractivity contribution in [3.63, 3.8) is 0 Å². The lowest BCUT2D eigenvalue weighted by Gasteiger charge is -2.13. The highest BCUT2D eigenvalue weighted by Crippen LogP contribution is 2.31. The number of alkyl halides is 3. The molecule has 31 heavy (non-hydrogen) atoms. The number of rotatable bonds is 7. The Bertz CT molecular complexity index is 1050. The van der Waals surface area contributed by atoms with Gasteiger partial charge in [-0.25, -0.2) is 0 Å². The maximum atomic E-state index is 12.8. The average Bonchev–Trinajstić information content (AvgIpc) is 3.08. The van der Waals surface area contributed by atoms with Crippen LogP contribution in [-0.4, -0.2) is 26.4 Å². The van der Waals surface area contributed by atoms with Gasteiger partial charge in [-0.2, -0.15) is 13.2 Å². The zero-order valence-corrected chi connectivity index (χ0v) is 18.4. The first-order chi connectivity index (χ1) is 14.6. The normalized spacial score (nSPS) is 11.7. The van der Waals surface area contributed by atoms with Crippen molar-refractivity contribution in [3.8, 4) is 11.4 Å². The van der Waals surface area contributed by atoms with Gasteiger partial charge < -0.3 is 9.88 Å². The number of halogens is 4. The Morgan fingerprint density at radius 3 is 2.52 bits per heavy atom. The van der Waals surface area contributed by atoms with E-state index in [9.17, 15) is 18.0 Å². The third kappa shape index (κ3) is 6.24. The number of nitrogens with one attached hydrogen (secondary N) is 1. The molecule has 0 bridgehead atoms. The molecule has 1 amide bonds. The van der Waals surface area contributed by atoms with Crippen LogP contribution in [-0.2, 0) is 17.5 Å². The molecule has 1 aromatic heterocycles. The summed E-state index contributed by atoms with van der Waals surface area (Å²) in [6, 6.07) is 11.7. The lowest BCUT2D eigenvalue weighted by molar-refractivity contribution is -0.137. The van der Waals surface area contributed by atoms with Gasteiger partial charge in [0.1, 0.15) is 0 Å². The highest BCUT2D eigenvalue weighted by atomic mass is 35.5. The highest BCUT2D eigenvalue weighted by Gasteiger charge is 2.30. The second-order valence-electron chi connectivity index (χ2n) is 7.23. The first-order valence-electron chi connectivity index (χ1n) is 9.42. The number of nitrogens with zero attached hydrogens (tertiary/aromatic N) is 3. The van der Waals surface area contributed by atoms with Crippen molar-refractivity contribution in [3.05, 3.63) is 59.1 Å². The van der Waals surface area contributed by atoms with Gasteiger partial charge in [0.25, 0.3) is 0 Å². The second-order valence-corrected chi connectivity index (χ2v) is 8.61. The third-order valence-corrected chi connectivity index (χ3v) is 5.39. The summed E-state index contributed by atoms with van der Waals surface area (Å²) in [6.07, 6.45) is -4.47. The second kappa shape index (κ2) is 9.74. The lowest BCUT2D eigenvalue weighted by Crippen LogP contribution is -2.16. The van der Waals surface area contributed by atoms with Crippen LogP contribution in [0.2, 0.25) is 5.02 Å². The summed E-state index contributed by atoms with van der Waals surface area (Å²) in [5, 5.41) is 12.1. The van der Waals surface area contributed by atoms with Crippen molar-refractivity contribution in [2.45, 2.75) is 31.7 Å². The molecule has 0 aliphatic heterocycles. The maximum Gasteiger partial charge on any atom is 0.416 e. The van der Waals surface area contributed by atoms with E-state index < -0.39 is 17.6 Å². The van der Waals surface area contributed by atoms with Gasteiger partial charge in [-0.15, -0.1) is 10.2 Å². The first-order valence-corrected chi connectivity index (χ1v) is 10.8. The van der Waals surface area contributed by atoms with Crippen LogP contribution in [0, 0.1) is 5.92 Å². The Hall–Kier alpha value is -2.52. The minimum Gasteiger partial charge on any atom is -0.325 e. The quantitative estimate of drug-likeness (QED) is 0.432. The van der Waals surface area contributed by atoms with Crippen molar-refractivity contribution in [2.75, 3.05) is 11.1 Å². The van der Waals surface area contributed by atoms with E-state index in [1.807, 2.05) is 16.7 Å². The summed E-state index contributed by atoms with van der Waals surface area (Å²) < 4.78 is 40.5. The molecule has 164 valence electrons. The molecule has 0 aliphatic rings. The number of carbonyl (C=O) groups excluding carboxylic acids is 1. The van der Waals surface area contributed by atoms with Crippen LogP contribution in [0.25, 0.3) is 11.4 Å². The Kier molecular flexibility index (Phi) is 7.27. The summed E-state index contributed by atoms with van der Waals surface area (Å²) in [5.41, 5.74) is 0.117. The SMILES string of the molecule is CC(C)Cn1c(SCC(=O)Nc2cccc(C(F)(F)F)c2)nnc1-c1ccc(Cl)cc1. The highest BCUT2D eigenvalue weighted by molar-refractivity contribution is 7.99. The Morgan fingerprint density at radius 1 is 1.16 bits per heavy atom. The summed E-state index contributed by atoms with van der Waals surface area (Å²) in [6.45, 7) is 4.75. The molecule has 1 N–H and O–H groups in total. The van der Waals surface area contributed by atoms with Gasteiger partial charge >= 0.3 is 6.18 Å². The molecule has 0 unspecified atom stereocenters. The van der Waals surface area contributed by atoms with Gasteiger partial charge in [-0.05, 0) is 48.4 Å². The zero-order chi connectivity index (χ0) is 22.6. The number of aromatic nitrogens is 3. The molecule has 5 nitrogen and oxygen atoms in total. The maximum absolute atomic E-state index is 12.8. The number of carbonyl (C=O) groups is 1. The van der Waals surface area contributed by atoms with Crippen LogP contribution in [0.3, 0.4) is 0 Å². The first kappa shape index (κ1) is 23.1. The third-order valence-electron chi connectivity index (χ3n) is 4.17. The predicted octanol–water partition coefficient (Wildman–Crippen LogP) is 6.00. The van der Waals surface area contributed by atoms with E-state index in [0.717, 1.165) is 17.7 Å². The van der Waals surface area contributed by atoms with Crippen molar-refractivity contribution in [1.82, 2.24) is 14.8 Å². The number of hydrogen-bond donors (Lipinski definition) is 1.